The van der Waals surface area contributed by atoms with E-state index in [0.29, 0.717) is 11.5 Å². The van der Waals surface area contributed by atoms with Crippen molar-refractivity contribution in [3.63, 3.8) is 0 Å². The zero-order valence-electron chi connectivity index (χ0n) is 15.2. The van der Waals surface area contributed by atoms with Crippen LogP contribution in [0, 0.1) is 6.92 Å². The number of hydrogen-bond donors (Lipinski definition) is 1. The van der Waals surface area contributed by atoms with Gasteiger partial charge in [0.15, 0.2) is 12.7 Å². The van der Waals surface area contributed by atoms with E-state index in [-0.39, 0.29) is 13.2 Å². The highest BCUT2D eigenvalue weighted by atomic mass is 16.6. The third-order valence-corrected chi connectivity index (χ3v) is 3.65. The Hall–Kier alpha value is -3.02. The summed E-state index contributed by atoms with van der Waals surface area (Å²) < 4.78 is 15.8. The quantitative estimate of drug-likeness (QED) is 0.735. The van der Waals surface area contributed by atoms with Crippen LogP contribution in [0.3, 0.4) is 0 Å². The van der Waals surface area contributed by atoms with Crippen LogP contribution in [0.15, 0.2) is 48.5 Å². The average molecular weight is 357 g/mol. The Morgan fingerprint density at radius 1 is 1.12 bits per heavy atom. The summed E-state index contributed by atoms with van der Waals surface area (Å²) in [5, 5.41) is 2.69. The van der Waals surface area contributed by atoms with E-state index in [0.717, 1.165) is 11.1 Å². The molecule has 0 heterocycles. The summed E-state index contributed by atoms with van der Waals surface area (Å²) in [5.74, 6) is 0.269. The van der Waals surface area contributed by atoms with Crippen LogP contribution < -0.4 is 14.8 Å². The van der Waals surface area contributed by atoms with E-state index in [4.69, 9.17) is 14.2 Å². The maximum absolute atomic E-state index is 12.0. The lowest BCUT2D eigenvalue weighted by Gasteiger charge is -2.14. The first-order valence-electron chi connectivity index (χ1n) is 8.28. The lowest BCUT2D eigenvalue weighted by molar-refractivity contribution is -0.154. The number of methoxy groups -OCH3 is 1. The number of carbonyl (C=O) groups is 2. The number of para-hydroxylation sites is 1. The second-order valence-corrected chi connectivity index (χ2v) is 5.77. The van der Waals surface area contributed by atoms with Crippen molar-refractivity contribution in [2.75, 3.05) is 13.7 Å². The summed E-state index contributed by atoms with van der Waals surface area (Å²) in [6, 6.07) is 14.7. The molecule has 0 saturated carbocycles. The molecule has 138 valence electrons. The van der Waals surface area contributed by atoms with Gasteiger partial charge in [0.05, 0.1) is 7.11 Å². The second kappa shape index (κ2) is 9.46. The Kier molecular flexibility index (Phi) is 7.02. The SMILES string of the molecule is COc1ccccc1CNC(=O)COC(=O)[C@H](C)Oc1cccc(C)c1. The van der Waals surface area contributed by atoms with Crippen LogP contribution in [0.4, 0.5) is 0 Å². The predicted octanol–water partition coefficient (Wildman–Crippen LogP) is 2.63. The molecule has 6 nitrogen and oxygen atoms in total. The van der Waals surface area contributed by atoms with E-state index in [9.17, 15) is 9.59 Å². The zero-order chi connectivity index (χ0) is 18.9. The van der Waals surface area contributed by atoms with Crippen LogP contribution in [-0.2, 0) is 20.9 Å². The number of aryl methyl sites for hydroxylation is 1. The largest absolute Gasteiger partial charge is 0.496 e. The van der Waals surface area contributed by atoms with E-state index in [2.05, 4.69) is 5.32 Å². The van der Waals surface area contributed by atoms with Crippen molar-refractivity contribution in [3.8, 4) is 11.5 Å². The van der Waals surface area contributed by atoms with Crippen LogP contribution in [0.5, 0.6) is 11.5 Å². The fourth-order valence-corrected chi connectivity index (χ4v) is 2.29. The number of carbonyl (C=O) groups excluding carboxylic acids is 2. The van der Waals surface area contributed by atoms with Crippen LogP contribution in [0.1, 0.15) is 18.1 Å². The Morgan fingerprint density at radius 3 is 2.62 bits per heavy atom. The molecule has 1 amide bonds. The summed E-state index contributed by atoms with van der Waals surface area (Å²) in [5.41, 5.74) is 1.87. The maximum Gasteiger partial charge on any atom is 0.347 e. The van der Waals surface area contributed by atoms with E-state index in [1.807, 2.05) is 49.4 Å². The molecule has 0 saturated heterocycles. The Balaban J connectivity index is 1.76. The van der Waals surface area contributed by atoms with Gasteiger partial charge in [-0.1, -0.05) is 30.3 Å². The predicted molar refractivity (Wildman–Crippen MR) is 97.1 cm³/mol. The number of benzene rings is 2. The number of nitrogens with one attached hydrogen (secondary N) is 1. The van der Waals surface area contributed by atoms with Gasteiger partial charge in [0.25, 0.3) is 5.91 Å². The molecule has 0 aliphatic rings. The minimum absolute atomic E-state index is 0.287. The van der Waals surface area contributed by atoms with E-state index in [1.165, 1.54) is 0 Å². The molecule has 0 unspecified atom stereocenters. The Labute approximate surface area is 153 Å². The summed E-state index contributed by atoms with van der Waals surface area (Å²) >= 11 is 0. The van der Waals surface area contributed by atoms with E-state index < -0.39 is 18.0 Å². The molecule has 1 atom stereocenters. The Morgan fingerprint density at radius 2 is 1.88 bits per heavy atom. The zero-order valence-corrected chi connectivity index (χ0v) is 15.2. The summed E-state index contributed by atoms with van der Waals surface area (Å²) in [7, 11) is 1.57. The lowest BCUT2D eigenvalue weighted by Crippen LogP contribution is -2.32. The number of esters is 1. The van der Waals surface area contributed by atoms with Crippen molar-refractivity contribution in [1.29, 1.82) is 0 Å². The molecule has 0 spiro atoms. The molecular weight excluding hydrogens is 334 g/mol. The van der Waals surface area contributed by atoms with Crippen LogP contribution in [0.2, 0.25) is 0 Å². The third kappa shape index (κ3) is 5.81. The van der Waals surface area contributed by atoms with Gasteiger partial charge in [-0.25, -0.2) is 4.79 Å². The molecule has 0 fully saturated rings. The van der Waals surface area contributed by atoms with Gasteiger partial charge < -0.3 is 19.5 Å². The maximum atomic E-state index is 12.0. The van der Waals surface area contributed by atoms with E-state index in [1.54, 1.807) is 20.1 Å². The smallest absolute Gasteiger partial charge is 0.347 e. The topological polar surface area (TPSA) is 73.9 Å². The average Bonchev–Trinajstić information content (AvgIpc) is 2.64. The molecule has 0 bridgehead atoms. The van der Waals surface area contributed by atoms with Crippen molar-refractivity contribution >= 4 is 11.9 Å². The highest BCUT2D eigenvalue weighted by molar-refractivity contribution is 5.82. The molecule has 2 aromatic rings. The first kappa shape index (κ1) is 19.3. The highest BCUT2D eigenvalue weighted by Gasteiger charge is 2.18. The summed E-state index contributed by atoms with van der Waals surface area (Å²) in [6.07, 6.45) is -0.807. The number of hydrogen-bond acceptors (Lipinski definition) is 5. The molecule has 0 aromatic heterocycles. The van der Waals surface area contributed by atoms with Gasteiger partial charge in [-0.15, -0.1) is 0 Å². The normalized spacial score (nSPS) is 11.3. The van der Waals surface area contributed by atoms with Crippen molar-refractivity contribution < 1.29 is 23.8 Å². The Bertz CT molecular complexity index is 759. The van der Waals surface area contributed by atoms with Crippen LogP contribution >= 0.6 is 0 Å². The lowest BCUT2D eigenvalue weighted by atomic mass is 10.2. The van der Waals surface area contributed by atoms with Crippen molar-refractivity contribution in [2.45, 2.75) is 26.5 Å². The van der Waals surface area contributed by atoms with Crippen LogP contribution in [-0.4, -0.2) is 31.7 Å². The molecule has 2 aromatic carbocycles. The van der Waals surface area contributed by atoms with Crippen molar-refractivity contribution in [1.82, 2.24) is 5.32 Å². The summed E-state index contributed by atoms with van der Waals surface area (Å²) in [6.45, 7) is 3.44. The monoisotopic (exact) mass is 357 g/mol. The van der Waals surface area contributed by atoms with E-state index >= 15 is 0 Å². The third-order valence-electron chi connectivity index (χ3n) is 3.65. The minimum Gasteiger partial charge on any atom is -0.496 e. The van der Waals surface area contributed by atoms with Gasteiger partial charge >= 0.3 is 5.97 Å². The minimum atomic E-state index is -0.807. The molecule has 1 N–H and O–H groups in total. The first-order chi connectivity index (χ1) is 12.5. The second-order valence-electron chi connectivity index (χ2n) is 5.77. The molecular formula is C20H23NO5. The van der Waals surface area contributed by atoms with Gasteiger partial charge in [0.2, 0.25) is 0 Å². The standard InChI is InChI=1S/C20H23NO5/c1-14-7-6-9-17(11-14)26-15(2)20(23)25-13-19(22)21-12-16-8-4-5-10-18(16)24-3/h4-11,15H,12-13H2,1-3H3,(H,21,22)/t15-/m0/s1. The molecule has 0 aliphatic carbocycles. The fourth-order valence-electron chi connectivity index (χ4n) is 2.29. The van der Waals surface area contributed by atoms with Gasteiger partial charge in [-0.05, 0) is 37.6 Å². The molecule has 2 rings (SSSR count). The number of ether oxygens (including phenoxy) is 3. The van der Waals surface area contributed by atoms with Crippen molar-refractivity contribution in [3.05, 3.63) is 59.7 Å². The van der Waals surface area contributed by atoms with Crippen molar-refractivity contribution in [2.24, 2.45) is 0 Å². The first-order valence-corrected chi connectivity index (χ1v) is 8.28. The van der Waals surface area contributed by atoms with Gasteiger partial charge in [0, 0.05) is 12.1 Å². The van der Waals surface area contributed by atoms with Gasteiger partial charge in [-0.2, -0.15) is 0 Å². The summed E-state index contributed by atoms with van der Waals surface area (Å²) in [4.78, 5) is 23.8. The molecule has 0 radical (unpaired) electrons. The highest BCUT2D eigenvalue weighted by Crippen LogP contribution is 2.17. The fraction of sp³-hybridized carbons (Fsp3) is 0.300. The molecule has 0 aliphatic heterocycles. The van der Waals surface area contributed by atoms with Gasteiger partial charge in [-0.3, -0.25) is 4.79 Å². The molecule has 26 heavy (non-hydrogen) atoms. The van der Waals surface area contributed by atoms with Gasteiger partial charge in [0.1, 0.15) is 11.5 Å². The van der Waals surface area contributed by atoms with Crippen LogP contribution in [0.25, 0.3) is 0 Å². The molecule has 6 heteroatoms. The number of amides is 1. The number of rotatable bonds is 8.